The third-order valence-electron chi connectivity index (χ3n) is 6.50. The fraction of sp³-hybridized carbons (Fsp3) is 0.100. The zero-order valence-corrected chi connectivity index (χ0v) is 20.0. The number of fused-ring (bicyclic) bond motifs is 2. The van der Waals surface area contributed by atoms with Gasteiger partial charge >= 0.3 is 5.97 Å². The van der Waals surface area contributed by atoms with Crippen LogP contribution in [0.4, 0.5) is 5.69 Å². The Bertz CT molecular complexity index is 1610. The maximum absolute atomic E-state index is 13.8. The third-order valence-corrected chi connectivity index (χ3v) is 6.50. The van der Waals surface area contributed by atoms with E-state index in [4.69, 9.17) is 10.5 Å². The maximum Gasteiger partial charge on any atom is 0.339 e. The van der Waals surface area contributed by atoms with Gasteiger partial charge in [0.1, 0.15) is 12.0 Å². The molecule has 8 heteroatoms. The molecule has 0 bridgehead atoms. The van der Waals surface area contributed by atoms with Crippen molar-refractivity contribution in [3.63, 3.8) is 0 Å². The Balaban J connectivity index is 1.49. The molecule has 0 aromatic heterocycles. The predicted molar refractivity (Wildman–Crippen MR) is 140 cm³/mol. The molecule has 0 saturated heterocycles. The van der Waals surface area contributed by atoms with Gasteiger partial charge in [0.15, 0.2) is 11.6 Å². The number of ether oxygens (including phenoxy) is 1. The third kappa shape index (κ3) is 4.60. The number of rotatable bonds is 8. The van der Waals surface area contributed by atoms with E-state index in [-0.39, 0.29) is 29.1 Å². The number of nitrogens with one attached hydrogen (secondary N) is 1. The molecule has 1 aliphatic heterocycles. The number of carbonyl (C=O) groups excluding carboxylic acids is 5. The van der Waals surface area contributed by atoms with Crippen molar-refractivity contribution < 1.29 is 28.7 Å². The summed E-state index contributed by atoms with van der Waals surface area (Å²) >= 11 is 0. The van der Waals surface area contributed by atoms with Crippen LogP contribution in [0.2, 0.25) is 0 Å². The van der Waals surface area contributed by atoms with Crippen LogP contribution >= 0.6 is 0 Å². The molecular formula is C30H22N2O6. The number of hydrogen-bond donors (Lipinski definition) is 2. The normalized spacial score (nSPS) is 14.9. The second-order valence-corrected chi connectivity index (χ2v) is 8.84. The predicted octanol–water partition coefficient (Wildman–Crippen LogP) is 3.90. The van der Waals surface area contributed by atoms with Crippen molar-refractivity contribution in [1.82, 2.24) is 0 Å². The molecule has 1 heterocycles. The molecule has 2 unspecified atom stereocenters. The second-order valence-electron chi connectivity index (χ2n) is 8.84. The summed E-state index contributed by atoms with van der Waals surface area (Å²) in [7, 11) is 0. The van der Waals surface area contributed by atoms with Crippen LogP contribution in [0.1, 0.15) is 42.7 Å². The molecule has 4 aromatic carbocycles. The zero-order chi connectivity index (χ0) is 26.8. The van der Waals surface area contributed by atoms with E-state index in [0.717, 1.165) is 10.8 Å². The molecule has 0 aliphatic carbocycles. The van der Waals surface area contributed by atoms with Crippen molar-refractivity contribution in [3.05, 3.63) is 113 Å². The van der Waals surface area contributed by atoms with E-state index in [2.05, 4.69) is 5.32 Å². The van der Waals surface area contributed by atoms with Crippen LogP contribution in [0.5, 0.6) is 0 Å². The summed E-state index contributed by atoms with van der Waals surface area (Å²) in [5.74, 6) is -5.31. The highest BCUT2D eigenvalue weighted by Crippen LogP contribution is 2.38. The summed E-state index contributed by atoms with van der Waals surface area (Å²) in [6, 6.07) is 24.7. The molecule has 0 saturated carbocycles. The van der Waals surface area contributed by atoms with Crippen LogP contribution in [0.3, 0.4) is 0 Å². The number of esters is 1. The molecular weight excluding hydrogens is 484 g/mol. The minimum Gasteiger partial charge on any atom is -0.453 e. The molecule has 0 fully saturated rings. The minimum atomic E-state index is -1.61. The van der Waals surface area contributed by atoms with Crippen molar-refractivity contribution in [2.75, 3.05) is 11.9 Å². The van der Waals surface area contributed by atoms with E-state index in [9.17, 15) is 24.0 Å². The van der Waals surface area contributed by atoms with E-state index in [1.807, 2.05) is 24.3 Å². The van der Waals surface area contributed by atoms with Crippen molar-refractivity contribution in [2.45, 2.75) is 6.10 Å². The van der Waals surface area contributed by atoms with Crippen LogP contribution in [-0.4, -0.2) is 35.8 Å². The standard InChI is InChI=1S/C30H22N2O6/c31-16-24(33)18-11-13-21(14-12-18)32-29(36)27(35)25(28-22-7-3-4-8-23(22)30(37)38-28)26(34)20-10-9-17-5-1-2-6-19(17)15-20/h1-15,25,28H,16,31H2,(H,32,36). The molecule has 1 aliphatic rings. The fourth-order valence-corrected chi connectivity index (χ4v) is 4.53. The van der Waals surface area contributed by atoms with Crippen LogP contribution in [0.25, 0.3) is 10.8 Å². The first-order valence-electron chi connectivity index (χ1n) is 11.9. The van der Waals surface area contributed by atoms with Gasteiger partial charge in [-0.15, -0.1) is 0 Å². The first kappa shape index (κ1) is 24.7. The topological polar surface area (TPSA) is 133 Å². The van der Waals surface area contributed by atoms with Gasteiger partial charge in [-0.2, -0.15) is 0 Å². The number of benzene rings is 4. The van der Waals surface area contributed by atoms with E-state index >= 15 is 0 Å². The van der Waals surface area contributed by atoms with Crippen LogP contribution in [0, 0.1) is 5.92 Å². The van der Waals surface area contributed by atoms with E-state index in [1.165, 1.54) is 24.3 Å². The molecule has 0 spiro atoms. The van der Waals surface area contributed by atoms with Crippen molar-refractivity contribution in [1.29, 1.82) is 0 Å². The maximum atomic E-state index is 13.8. The molecule has 4 aromatic rings. The van der Waals surface area contributed by atoms with Crippen LogP contribution in [-0.2, 0) is 14.3 Å². The number of nitrogens with two attached hydrogens (primary N) is 1. The SMILES string of the molecule is NCC(=O)c1ccc(NC(=O)C(=O)C(C(=O)c2ccc3ccccc3c2)C2OC(=O)c3ccccc32)cc1. The molecule has 3 N–H and O–H groups in total. The first-order chi connectivity index (χ1) is 18.4. The Labute approximate surface area is 217 Å². The summed E-state index contributed by atoms with van der Waals surface area (Å²) < 4.78 is 5.49. The van der Waals surface area contributed by atoms with Crippen molar-refractivity contribution in [2.24, 2.45) is 11.7 Å². The summed E-state index contributed by atoms with van der Waals surface area (Å²) in [5.41, 5.74) is 6.79. The van der Waals surface area contributed by atoms with Crippen LogP contribution in [0.15, 0.2) is 91.0 Å². The van der Waals surface area contributed by atoms with E-state index in [1.54, 1.807) is 42.5 Å². The molecule has 2 atom stereocenters. The summed E-state index contributed by atoms with van der Waals surface area (Å²) in [6.45, 7) is -0.162. The molecule has 188 valence electrons. The van der Waals surface area contributed by atoms with E-state index < -0.39 is 35.5 Å². The number of anilines is 1. The van der Waals surface area contributed by atoms with E-state index in [0.29, 0.717) is 11.1 Å². The molecule has 1 amide bonds. The quantitative estimate of drug-likeness (QED) is 0.160. The number of cyclic esters (lactones) is 1. The number of hydrogen-bond acceptors (Lipinski definition) is 7. The summed E-state index contributed by atoms with van der Waals surface area (Å²) in [4.78, 5) is 64.7. The molecule has 38 heavy (non-hydrogen) atoms. The van der Waals surface area contributed by atoms with Gasteiger partial charge < -0.3 is 15.8 Å². The highest BCUT2D eigenvalue weighted by Gasteiger charge is 2.46. The first-order valence-corrected chi connectivity index (χ1v) is 11.9. The Morgan fingerprint density at radius 3 is 2.21 bits per heavy atom. The number of carbonyl (C=O) groups is 5. The summed E-state index contributed by atoms with van der Waals surface area (Å²) in [5, 5.41) is 4.16. The van der Waals surface area contributed by atoms with Gasteiger partial charge in [0.05, 0.1) is 12.1 Å². The van der Waals surface area contributed by atoms with Gasteiger partial charge in [0.2, 0.25) is 5.78 Å². The van der Waals surface area contributed by atoms with Gasteiger partial charge in [0, 0.05) is 22.4 Å². The average molecular weight is 507 g/mol. The highest BCUT2D eigenvalue weighted by atomic mass is 16.5. The number of amides is 1. The lowest BCUT2D eigenvalue weighted by atomic mass is 9.84. The highest BCUT2D eigenvalue weighted by molar-refractivity contribution is 6.45. The lowest BCUT2D eigenvalue weighted by Crippen LogP contribution is -2.38. The average Bonchev–Trinajstić information content (AvgIpc) is 3.28. The monoisotopic (exact) mass is 506 g/mol. The smallest absolute Gasteiger partial charge is 0.339 e. The Morgan fingerprint density at radius 1 is 0.816 bits per heavy atom. The number of ketones is 3. The lowest BCUT2D eigenvalue weighted by Gasteiger charge is -2.21. The fourth-order valence-electron chi connectivity index (χ4n) is 4.53. The zero-order valence-electron chi connectivity index (χ0n) is 20.0. The van der Waals surface area contributed by atoms with Gasteiger partial charge in [-0.1, -0.05) is 54.6 Å². The Kier molecular flexibility index (Phi) is 6.64. The second kappa shape index (κ2) is 10.2. The molecule has 8 nitrogen and oxygen atoms in total. The van der Waals surface area contributed by atoms with Gasteiger partial charge in [-0.05, 0) is 47.2 Å². The molecule has 5 rings (SSSR count). The number of Topliss-reactive ketones (excluding diaryl/α,β-unsaturated/α-hetero) is 3. The minimum absolute atomic E-state index is 0.162. The summed E-state index contributed by atoms with van der Waals surface area (Å²) in [6.07, 6.45) is -1.26. The Hall–Kier alpha value is -4.95. The van der Waals surface area contributed by atoms with Gasteiger partial charge in [0.25, 0.3) is 5.91 Å². The largest absolute Gasteiger partial charge is 0.453 e. The van der Waals surface area contributed by atoms with Crippen molar-refractivity contribution in [3.8, 4) is 0 Å². The van der Waals surface area contributed by atoms with Crippen molar-refractivity contribution >= 4 is 45.7 Å². The van der Waals surface area contributed by atoms with Gasteiger partial charge in [-0.3, -0.25) is 19.2 Å². The molecule has 0 radical (unpaired) electrons. The Morgan fingerprint density at radius 2 is 1.47 bits per heavy atom. The lowest BCUT2D eigenvalue weighted by molar-refractivity contribution is -0.138. The van der Waals surface area contributed by atoms with Crippen LogP contribution < -0.4 is 11.1 Å². The van der Waals surface area contributed by atoms with Gasteiger partial charge in [-0.25, -0.2) is 4.79 Å².